The molecule has 0 saturated heterocycles. The first kappa shape index (κ1) is 9.67. The Labute approximate surface area is 86.9 Å². The highest BCUT2D eigenvalue weighted by Gasteiger charge is 2.06. The van der Waals surface area contributed by atoms with E-state index in [0.717, 1.165) is 23.1 Å². The maximum atomic E-state index is 9.35. The first-order valence-electron chi connectivity index (χ1n) is 4.71. The number of nitrogen functional groups attached to an aromatic ring is 1. The predicted molar refractivity (Wildman–Crippen MR) is 58.4 cm³/mol. The summed E-state index contributed by atoms with van der Waals surface area (Å²) in [6.45, 7) is 1.97. The maximum Gasteiger partial charge on any atom is 0.151 e. The summed E-state index contributed by atoms with van der Waals surface area (Å²) >= 11 is 0. The van der Waals surface area contributed by atoms with Gasteiger partial charge in [-0.3, -0.25) is 0 Å². The van der Waals surface area contributed by atoms with Crippen LogP contribution >= 0.6 is 0 Å². The Bertz CT molecular complexity index is 498. The number of nitrogens with zero attached hydrogens (tertiary/aromatic N) is 2. The lowest BCUT2D eigenvalue weighted by Gasteiger charge is -2.06. The average molecular weight is 204 g/mol. The van der Waals surface area contributed by atoms with Crippen molar-refractivity contribution in [3.8, 4) is 5.75 Å². The van der Waals surface area contributed by atoms with E-state index in [2.05, 4.69) is 15.4 Å². The highest BCUT2D eigenvalue weighted by atomic mass is 16.3. The van der Waals surface area contributed by atoms with E-state index in [1.807, 2.05) is 6.92 Å². The minimum Gasteiger partial charge on any atom is -0.508 e. The number of phenolic OH excluding ortho intramolecular Hbond substituents is 1. The molecule has 15 heavy (non-hydrogen) atoms. The van der Waals surface area contributed by atoms with Crippen molar-refractivity contribution >= 4 is 16.7 Å². The van der Waals surface area contributed by atoms with Gasteiger partial charge in [-0.15, -0.1) is 0 Å². The lowest BCUT2D eigenvalue weighted by atomic mass is 10.2. The van der Waals surface area contributed by atoms with E-state index < -0.39 is 0 Å². The van der Waals surface area contributed by atoms with Gasteiger partial charge in [-0.2, -0.15) is 0 Å². The largest absolute Gasteiger partial charge is 0.508 e. The molecule has 0 aliphatic heterocycles. The van der Waals surface area contributed by atoms with Gasteiger partial charge in [-0.1, -0.05) is 6.92 Å². The third-order valence-corrected chi connectivity index (χ3v) is 2.18. The molecule has 1 aromatic carbocycles. The van der Waals surface area contributed by atoms with Crippen molar-refractivity contribution in [1.82, 2.24) is 9.97 Å². The standard InChI is InChI=1S/C10H12N4O/c1-2-9-12-8-4-3-6(15)5-7(8)10(13-9)14-11/h3-5,15H,2,11H2,1H3,(H,12,13,14). The van der Waals surface area contributed by atoms with Gasteiger partial charge in [-0.05, 0) is 18.2 Å². The second-order valence-corrected chi connectivity index (χ2v) is 3.19. The van der Waals surface area contributed by atoms with Crippen molar-refractivity contribution in [2.75, 3.05) is 5.43 Å². The van der Waals surface area contributed by atoms with Crippen molar-refractivity contribution in [1.29, 1.82) is 0 Å². The molecule has 78 valence electrons. The van der Waals surface area contributed by atoms with Gasteiger partial charge in [0.15, 0.2) is 5.82 Å². The first-order valence-corrected chi connectivity index (χ1v) is 4.71. The molecule has 0 aliphatic rings. The van der Waals surface area contributed by atoms with E-state index >= 15 is 0 Å². The lowest BCUT2D eigenvalue weighted by Crippen LogP contribution is -2.11. The zero-order valence-corrected chi connectivity index (χ0v) is 8.36. The number of fused-ring (bicyclic) bond motifs is 1. The van der Waals surface area contributed by atoms with Gasteiger partial charge in [0.1, 0.15) is 11.6 Å². The molecule has 2 rings (SSSR count). The van der Waals surface area contributed by atoms with E-state index in [1.54, 1.807) is 18.2 Å². The molecule has 4 N–H and O–H groups in total. The zero-order chi connectivity index (χ0) is 10.8. The number of hydrazine groups is 1. The summed E-state index contributed by atoms with van der Waals surface area (Å²) < 4.78 is 0. The molecule has 1 aromatic heterocycles. The molecular formula is C10H12N4O. The third kappa shape index (κ3) is 1.69. The van der Waals surface area contributed by atoms with Crippen molar-refractivity contribution in [2.24, 2.45) is 5.84 Å². The van der Waals surface area contributed by atoms with Gasteiger partial charge >= 0.3 is 0 Å². The number of nitrogens with two attached hydrogens (primary N) is 1. The normalized spacial score (nSPS) is 10.5. The van der Waals surface area contributed by atoms with Gasteiger partial charge in [0, 0.05) is 11.8 Å². The Morgan fingerprint density at radius 1 is 1.40 bits per heavy atom. The topological polar surface area (TPSA) is 84.1 Å². The SMILES string of the molecule is CCc1nc(NN)c2cc(O)ccc2n1. The van der Waals surface area contributed by atoms with Crippen LogP contribution in [-0.4, -0.2) is 15.1 Å². The Balaban J connectivity index is 2.75. The number of hydrogen-bond donors (Lipinski definition) is 3. The molecule has 0 atom stereocenters. The number of phenols is 1. The van der Waals surface area contributed by atoms with Crippen molar-refractivity contribution in [3.05, 3.63) is 24.0 Å². The smallest absolute Gasteiger partial charge is 0.151 e. The fraction of sp³-hybridized carbons (Fsp3) is 0.200. The Hall–Kier alpha value is -1.88. The summed E-state index contributed by atoms with van der Waals surface area (Å²) in [5, 5.41) is 10.1. The summed E-state index contributed by atoms with van der Waals surface area (Å²) in [6, 6.07) is 4.92. The van der Waals surface area contributed by atoms with Crippen LogP contribution in [-0.2, 0) is 6.42 Å². The maximum absolute atomic E-state index is 9.35. The number of aryl methyl sites for hydroxylation is 1. The zero-order valence-electron chi connectivity index (χ0n) is 8.36. The van der Waals surface area contributed by atoms with Crippen LogP contribution in [0.2, 0.25) is 0 Å². The first-order chi connectivity index (χ1) is 7.24. The molecule has 0 unspecified atom stereocenters. The van der Waals surface area contributed by atoms with Crippen LogP contribution in [0.25, 0.3) is 10.9 Å². The minimum atomic E-state index is 0.173. The minimum absolute atomic E-state index is 0.173. The van der Waals surface area contributed by atoms with E-state index in [0.29, 0.717) is 5.82 Å². The molecule has 0 amide bonds. The molecule has 0 saturated carbocycles. The second-order valence-electron chi connectivity index (χ2n) is 3.19. The summed E-state index contributed by atoms with van der Waals surface area (Å²) in [6.07, 6.45) is 0.742. The van der Waals surface area contributed by atoms with Gasteiger partial charge in [-0.25, -0.2) is 15.8 Å². The summed E-state index contributed by atoms with van der Waals surface area (Å²) in [4.78, 5) is 8.55. The van der Waals surface area contributed by atoms with Crippen LogP contribution in [0.4, 0.5) is 5.82 Å². The van der Waals surface area contributed by atoms with E-state index in [-0.39, 0.29) is 5.75 Å². The number of anilines is 1. The van der Waals surface area contributed by atoms with Crippen LogP contribution in [0.5, 0.6) is 5.75 Å². The number of nitrogens with one attached hydrogen (secondary N) is 1. The molecule has 0 radical (unpaired) electrons. The predicted octanol–water partition coefficient (Wildman–Crippen LogP) is 1.18. The molecule has 1 heterocycles. The molecule has 2 aromatic rings. The average Bonchev–Trinajstić information content (AvgIpc) is 2.27. The van der Waals surface area contributed by atoms with Crippen LogP contribution in [0.1, 0.15) is 12.7 Å². The monoisotopic (exact) mass is 204 g/mol. The van der Waals surface area contributed by atoms with E-state index in [1.165, 1.54) is 0 Å². The van der Waals surface area contributed by atoms with Crippen LogP contribution < -0.4 is 11.3 Å². The molecule has 0 fully saturated rings. The Kier molecular flexibility index (Phi) is 2.39. The summed E-state index contributed by atoms with van der Waals surface area (Å²) in [5.41, 5.74) is 3.28. The summed E-state index contributed by atoms with van der Waals surface area (Å²) in [5.74, 6) is 6.80. The van der Waals surface area contributed by atoms with Crippen LogP contribution in [0, 0.1) is 0 Å². The number of aromatic nitrogens is 2. The van der Waals surface area contributed by atoms with Gasteiger partial charge in [0.2, 0.25) is 0 Å². The van der Waals surface area contributed by atoms with Gasteiger partial charge in [0.05, 0.1) is 5.52 Å². The summed E-state index contributed by atoms with van der Waals surface area (Å²) in [7, 11) is 0. The van der Waals surface area contributed by atoms with Crippen molar-refractivity contribution in [3.63, 3.8) is 0 Å². The van der Waals surface area contributed by atoms with Crippen molar-refractivity contribution in [2.45, 2.75) is 13.3 Å². The lowest BCUT2D eigenvalue weighted by molar-refractivity contribution is 0.476. The molecular weight excluding hydrogens is 192 g/mol. The molecule has 5 nitrogen and oxygen atoms in total. The highest BCUT2D eigenvalue weighted by Crippen LogP contribution is 2.23. The fourth-order valence-electron chi connectivity index (χ4n) is 1.43. The van der Waals surface area contributed by atoms with Gasteiger partial charge in [0.25, 0.3) is 0 Å². The molecule has 0 aliphatic carbocycles. The number of rotatable bonds is 2. The van der Waals surface area contributed by atoms with Gasteiger partial charge < -0.3 is 10.5 Å². The Morgan fingerprint density at radius 3 is 2.87 bits per heavy atom. The third-order valence-electron chi connectivity index (χ3n) is 2.18. The second kappa shape index (κ2) is 3.70. The molecule has 0 bridgehead atoms. The highest BCUT2D eigenvalue weighted by molar-refractivity contribution is 5.89. The Morgan fingerprint density at radius 2 is 2.20 bits per heavy atom. The van der Waals surface area contributed by atoms with Crippen molar-refractivity contribution < 1.29 is 5.11 Å². The van der Waals surface area contributed by atoms with E-state index in [4.69, 9.17) is 5.84 Å². The molecule has 0 spiro atoms. The van der Waals surface area contributed by atoms with Crippen LogP contribution in [0.3, 0.4) is 0 Å². The van der Waals surface area contributed by atoms with Crippen LogP contribution in [0.15, 0.2) is 18.2 Å². The number of benzene rings is 1. The number of hydrogen-bond acceptors (Lipinski definition) is 5. The molecule has 5 heteroatoms. The van der Waals surface area contributed by atoms with E-state index in [9.17, 15) is 5.11 Å². The fourth-order valence-corrected chi connectivity index (χ4v) is 1.43. The quantitative estimate of drug-likeness (QED) is 0.505. The number of aromatic hydroxyl groups is 1.